The molecule has 0 aromatic heterocycles. The molecule has 2 N–H and O–H groups in total. The summed E-state index contributed by atoms with van der Waals surface area (Å²) in [4.78, 5) is 27.0. The van der Waals surface area contributed by atoms with E-state index in [4.69, 9.17) is 11.6 Å². The topological polar surface area (TPSA) is 72.9 Å². The summed E-state index contributed by atoms with van der Waals surface area (Å²) in [6.45, 7) is 5.68. The molecule has 0 saturated carbocycles. The minimum Gasteiger partial charge on any atom is -0.507 e. The van der Waals surface area contributed by atoms with Crippen LogP contribution in [0.2, 0.25) is 5.02 Å². The van der Waals surface area contributed by atoms with Crippen LogP contribution < -0.4 is 15.3 Å². The Hall–Kier alpha value is -2.99. The number of phenols is 1. The molecule has 1 aliphatic rings. The van der Waals surface area contributed by atoms with E-state index in [1.165, 1.54) is 6.08 Å². The molecule has 1 fully saturated rings. The molecule has 0 bridgehead atoms. The van der Waals surface area contributed by atoms with E-state index in [1.807, 2.05) is 19.9 Å². The number of anilines is 2. The Morgan fingerprint density at radius 2 is 1.89 bits per heavy atom. The van der Waals surface area contributed by atoms with Gasteiger partial charge in [0.25, 0.3) is 11.8 Å². The van der Waals surface area contributed by atoms with Crippen molar-refractivity contribution >= 4 is 40.9 Å². The van der Waals surface area contributed by atoms with Crippen molar-refractivity contribution in [2.75, 3.05) is 23.0 Å². The van der Waals surface area contributed by atoms with E-state index in [1.54, 1.807) is 36.4 Å². The molecular weight excluding hydrogens is 366 g/mol. The molecule has 2 amide bonds. The number of amides is 2. The lowest BCUT2D eigenvalue weighted by Crippen LogP contribution is -2.35. The van der Waals surface area contributed by atoms with Gasteiger partial charge in [0.05, 0.1) is 5.69 Å². The molecule has 0 aliphatic carbocycles. The fourth-order valence-electron chi connectivity index (χ4n) is 2.95. The van der Waals surface area contributed by atoms with Crippen molar-refractivity contribution in [3.63, 3.8) is 0 Å². The Balaban J connectivity index is 1.91. The zero-order chi connectivity index (χ0) is 19.6. The van der Waals surface area contributed by atoms with Gasteiger partial charge in [-0.2, -0.15) is 0 Å². The Labute approximate surface area is 162 Å². The maximum atomic E-state index is 12.7. The number of aromatic hydroxyl groups is 1. The van der Waals surface area contributed by atoms with Crippen LogP contribution in [0.3, 0.4) is 0 Å². The molecule has 0 unspecified atom stereocenters. The van der Waals surface area contributed by atoms with Gasteiger partial charge >= 0.3 is 0 Å². The number of halogens is 1. The first-order valence-corrected chi connectivity index (χ1v) is 9.03. The molecule has 0 radical (unpaired) electrons. The first kappa shape index (κ1) is 18.8. The van der Waals surface area contributed by atoms with Crippen LogP contribution in [0.5, 0.6) is 5.75 Å². The number of hydrogen-bond acceptors (Lipinski definition) is 4. The maximum Gasteiger partial charge on any atom is 0.282 e. The molecule has 7 heteroatoms. The summed E-state index contributed by atoms with van der Waals surface area (Å²) in [5.74, 6) is -1.03. The molecule has 140 valence electrons. The molecule has 1 heterocycles. The molecule has 1 aliphatic heterocycles. The fourth-order valence-corrected chi connectivity index (χ4v) is 3.13. The SMILES string of the molecule is CCN(CC)c1ccc(C=C2C(=O)NN(c3cccc(Cl)c3)C2=O)c(O)c1. The minimum atomic E-state index is -0.535. The summed E-state index contributed by atoms with van der Waals surface area (Å²) in [7, 11) is 0. The van der Waals surface area contributed by atoms with Crippen molar-refractivity contribution in [3.8, 4) is 5.75 Å². The Kier molecular flexibility index (Phi) is 5.37. The highest BCUT2D eigenvalue weighted by atomic mass is 35.5. The van der Waals surface area contributed by atoms with Crippen molar-refractivity contribution in [2.45, 2.75) is 13.8 Å². The van der Waals surface area contributed by atoms with E-state index < -0.39 is 11.8 Å². The van der Waals surface area contributed by atoms with Gasteiger partial charge in [0, 0.05) is 35.4 Å². The van der Waals surface area contributed by atoms with Gasteiger partial charge in [-0.1, -0.05) is 17.7 Å². The monoisotopic (exact) mass is 385 g/mol. The predicted octanol–water partition coefficient (Wildman–Crippen LogP) is 3.35. The number of phenolic OH excluding ortho intramolecular Hbond substituents is 1. The highest BCUT2D eigenvalue weighted by molar-refractivity contribution is 6.33. The third-order valence-corrected chi connectivity index (χ3v) is 4.64. The Morgan fingerprint density at radius 1 is 1.15 bits per heavy atom. The second-order valence-electron chi connectivity index (χ2n) is 6.03. The molecule has 0 atom stereocenters. The number of hydrazine groups is 1. The highest BCUT2D eigenvalue weighted by Gasteiger charge is 2.34. The summed E-state index contributed by atoms with van der Waals surface area (Å²) < 4.78 is 0. The maximum absolute atomic E-state index is 12.7. The van der Waals surface area contributed by atoms with Crippen LogP contribution in [0.1, 0.15) is 19.4 Å². The normalized spacial score (nSPS) is 15.4. The quantitative estimate of drug-likeness (QED) is 0.611. The summed E-state index contributed by atoms with van der Waals surface area (Å²) in [6.07, 6.45) is 1.39. The van der Waals surface area contributed by atoms with Crippen molar-refractivity contribution in [1.82, 2.24) is 5.43 Å². The third-order valence-electron chi connectivity index (χ3n) is 4.40. The second-order valence-corrected chi connectivity index (χ2v) is 6.47. The predicted molar refractivity (Wildman–Crippen MR) is 107 cm³/mol. The van der Waals surface area contributed by atoms with Crippen LogP contribution in [0, 0.1) is 0 Å². The van der Waals surface area contributed by atoms with Gasteiger partial charge in [0.15, 0.2) is 0 Å². The average molecular weight is 386 g/mol. The Morgan fingerprint density at radius 3 is 2.52 bits per heavy atom. The van der Waals surface area contributed by atoms with E-state index >= 15 is 0 Å². The van der Waals surface area contributed by atoms with Crippen molar-refractivity contribution in [3.05, 3.63) is 58.6 Å². The number of nitrogens with one attached hydrogen (secondary N) is 1. The van der Waals surface area contributed by atoms with E-state index in [0.717, 1.165) is 23.8 Å². The van der Waals surface area contributed by atoms with Gasteiger partial charge in [-0.05, 0) is 50.3 Å². The first-order valence-electron chi connectivity index (χ1n) is 8.65. The number of carbonyl (C=O) groups is 2. The minimum absolute atomic E-state index is 0.00806. The van der Waals surface area contributed by atoms with E-state index in [0.29, 0.717) is 16.3 Å². The van der Waals surface area contributed by atoms with Gasteiger partial charge in [-0.15, -0.1) is 0 Å². The van der Waals surface area contributed by atoms with Crippen LogP contribution in [0.25, 0.3) is 6.08 Å². The van der Waals surface area contributed by atoms with E-state index in [-0.39, 0.29) is 11.3 Å². The smallest absolute Gasteiger partial charge is 0.282 e. The van der Waals surface area contributed by atoms with E-state index in [9.17, 15) is 14.7 Å². The molecule has 1 saturated heterocycles. The average Bonchev–Trinajstić information content (AvgIpc) is 2.93. The van der Waals surface area contributed by atoms with Gasteiger partial charge in [0.1, 0.15) is 11.3 Å². The van der Waals surface area contributed by atoms with Gasteiger partial charge in [-0.25, -0.2) is 5.01 Å². The van der Waals surface area contributed by atoms with Crippen molar-refractivity contribution in [1.29, 1.82) is 0 Å². The molecule has 27 heavy (non-hydrogen) atoms. The fraction of sp³-hybridized carbons (Fsp3) is 0.200. The lowest BCUT2D eigenvalue weighted by Gasteiger charge is -2.21. The van der Waals surface area contributed by atoms with Crippen molar-refractivity contribution < 1.29 is 14.7 Å². The van der Waals surface area contributed by atoms with Crippen LogP contribution in [-0.4, -0.2) is 30.0 Å². The second kappa shape index (κ2) is 7.72. The largest absolute Gasteiger partial charge is 0.507 e. The van der Waals surface area contributed by atoms with Crippen molar-refractivity contribution in [2.24, 2.45) is 0 Å². The van der Waals surface area contributed by atoms with Gasteiger partial charge in [-0.3, -0.25) is 15.0 Å². The summed E-state index contributed by atoms with van der Waals surface area (Å²) >= 11 is 5.96. The highest BCUT2D eigenvalue weighted by Crippen LogP contribution is 2.29. The molecular formula is C20H20ClN3O3. The number of benzene rings is 2. The number of carbonyl (C=O) groups excluding carboxylic acids is 2. The zero-order valence-electron chi connectivity index (χ0n) is 15.1. The summed E-state index contributed by atoms with van der Waals surface area (Å²) in [5.41, 5.74) is 4.20. The van der Waals surface area contributed by atoms with Crippen LogP contribution in [0.15, 0.2) is 48.0 Å². The first-order chi connectivity index (χ1) is 12.9. The van der Waals surface area contributed by atoms with Crippen LogP contribution >= 0.6 is 11.6 Å². The van der Waals surface area contributed by atoms with Gasteiger partial charge in [0.2, 0.25) is 0 Å². The van der Waals surface area contributed by atoms with E-state index in [2.05, 4.69) is 10.3 Å². The molecule has 2 aromatic carbocycles. The lowest BCUT2D eigenvalue weighted by molar-refractivity contribution is -0.117. The van der Waals surface area contributed by atoms with Gasteiger partial charge < -0.3 is 10.0 Å². The number of rotatable bonds is 5. The zero-order valence-corrected chi connectivity index (χ0v) is 15.8. The lowest BCUT2D eigenvalue weighted by atomic mass is 10.1. The Bertz CT molecular complexity index is 922. The summed E-state index contributed by atoms with van der Waals surface area (Å²) in [5, 5.41) is 11.9. The van der Waals surface area contributed by atoms with Crippen LogP contribution in [-0.2, 0) is 9.59 Å². The number of hydrogen-bond donors (Lipinski definition) is 2. The molecule has 2 aromatic rings. The van der Waals surface area contributed by atoms with Crippen LogP contribution in [0.4, 0.5) is 11.4 Å². The third kappa shape index (κ3) is 3.75. The molecule has 3 rings (SSSR count). The molecule has 6 nitrogen and oxygen atoms in total. The standard InChI is InChI=1S/C20H20ClN3O3/c1-3-23(4-2)15-9-8-13(18(25)12-15)10-17-19(26)22-24(20(17)27)16-7-5-6-14(21)11-16/h5-12,25H,3-4H2,1-2H3,(H,22,26). The summed E-state index contributed by atoms with van der Waals surface area (Å²) in [6, 6.07) is 11.8. The number of nitrogens with zero attached hydrogens (tertiary/aromatic N) is 2. The molecule has 0 spiro atoms.